The van der Waals surface area contributed by atoms with Gasteiger partial charge in [0.1, 0.15) is 5.69 Å². The topological polar surface area (TPSA) is 91.8 Å². The summed E-state index contributed by atoms with van der Waals surface area (Å²) >= 11 is 0. The number of carbonyl (C=O) groups excluding carboxylic acids is 1. The van der Waals surface area contributed by atoms with Crippen LogP contribution in [0.2, 0.25) is 0 Å². The van der Waals surface area contributed by atoms with Crippen LogP contribution in [0.15, 0.2) is 18.3 Å². The van der Waals surface area contributed by atoms with Crippen LogP contribution in [0.25, 0.3) is 0 Å². The lowest BCUT2D eigenvalue weighted by molar-refractivity contribution is -0.0545. The zero-order chi connectivity index (χ0) is 15.4. The number of carboxylic acids is 1. The lowest BCUT2D eigenvalue weighted by Gasteiger charge is -2.35. The molecule has 1 saturated heterocycles. The van der Waals surface area contributed by atoms with Crippen LogP contribution in [0.4, 0.5) is 4.79 Å². The molecule has 0 unspecified atom stereocenters. The highest BCUT2D eigenvalue weighted by Gasteiger charge is 2.25. The smallest absolute Gasteiger partial charge is 0.354 e. The number of nitrogens with zero attached hydrogens (tertiary/aromatic N) is 2. The van der Waals surface area contributed by atoms with E-state index in [4.69, 9.17) is 9.84 Å². The highest BCUT2D eigenvalue weighted by atomic mass is 16.5. The molecular weight excluding hydrogens is 274 g/mol. The minimum atomic E-state index is -1.07. The number of aromatic nitrogens is 1. The Morgan fingerprint density at radius 3 is 2.57 bits per heavy atom. The summed E-state index contributed by atoms with van der Waals surface area (Å²) in [6.07, 6.45) is 1.50. The summed E-state index contributed by atoms with van der Waals surface area (Å²) in [4.78, 5) is 28.3. The van der Waals surface area contributed by atoms with Gasteiger partial charge in [0.05, 0.1) is 12.2 Å². The third-order valence-corrected chi connectivity index (χ3v) is 3.19. The Morgan fingerprint density at radius 1 is 1.38 bits per heavy atom. The second-order valence-electron chi connectivity index (χ2n) is 5.18. The van der Waals surface area contributed by atoms with Crippen molar-refractivity contribution in [3.05, 3.63) is 29.6 Å². The van der Waals surface area contributed by atoms with Crippen molar-refractivity contribution in [1.29, 1.82) is 0 Å². The second kappa shape index (κ2) is 6.53. The summed E-state index contributed by atoms with van der Waals surface area (Å²) in [6, 6.07) is 2.91. The minimum absolute atomic E-state index is 0.0131. The predicted octanol–water partition coefficient (Wildman–Crippen LogP) is 1.10. The molecule has 1 aliphatic heterocycles. The average Bonchev–Trinajstić information content (AvgIpc) is 2.44. The van der Waals surface area contributed by atoms with Crippen molar-refractivity contribution in [2.75, 3.05) is 13.1 Å². The van der Waals surface area contributed by atoms with Crippen molar-refractivity contribution in [2.24, 2.45) is 0 Å². The Labute approximate surface area is 122 Å². The first-order chi connectivity index (χ1) is 9.95. The summed E-state index contributed by atoms with van der Waals surface area (Å²) in [6.45, 7) is 5.31. The Hall–Kier alpha value is -2.15. The van der Waals surface area contributed by atoms with Crippen molar-refractivity contribution in [3.8, 4) is 0 Å². The fourth-order valence-corrected chi connectivity index (χ4v) is 2.29. The first-order valence-electron chi connectivity index (χ1n) is 6.82. The fourth-order valence-electron chi connectivity index (χ4n) is 2.29. The van der Waals surface area contributed by atoms with Crippen LogP contribution in [-0.2, 0) is 11.3 Å². The van der Waals surface area contributed by atoms with Gasteiger partial charge in [-0.2, -0.15) is 0 Å². The van der Waals surface area contributed by atoms with Crippen LogP contribution in [0, 0.1) is 0 Å². The Morgan fingerprint density at radius 2 is 2.05 bits per heavy atom. The van der Waals surface area contributed by atoms with Gasteiger partial charge in [0.15, 0.2) is 0 Å². The molecule has 7 nitrogen and oxygen atoms in total. The van der Waals surface area contributed by atoms with E-state index in [1.54, 1.807) is 11.0 Å². The maximum Gasteiger partial charge on any atom is 0.354 e. The van der Waals surface area contributed by atoms with Crippen LogP contribution in [0.1, 0.15) is 29.9 Å². The van der Waals surface area contributed by atoms with Gasteiger partial charge >= 0.3 is 12.0 Å². The second-order valence-corrected chi connectivity index (χ2v) is 5.18. The average molecular weight is 293 g/mol. The molecular formula is C14H19N3O4. The number of carboxylic acid groups (broad SMARTS) is 1. The normalized spacial score (nSPS) is 21.9. The number of hydrogen-bond donors (Lipinski definition) is 2. The highest BCUT2D eigenvalue weighted by molar-refractivity contribution is 5.85. The third-order valence-electron chi connectivity index (χ3n) is 3.19. The number of aromatic carboxylic acids is 1. The van der Waals surface area contributed by atoms with Gasteiger partial charge in [0, 0.05) is 25.8 Å². The summed E-state index contributed by atoms with van der Waals surface area (Å²) in [7, 11) is 0. The molecule has 2 amide bonds. The maximum absolute atomic E-state index is 12.1. The molecule has 2 heterocycles. The van der Waals surface area contributed by atoms with E-state index in [0.717, 1.165) is 5.56 Å². The van der Waals surface area contributed by atoms with E-state index >= 15 is 0 Å². The van der Waals surface area contributed by atoms with E-state index in [2.05, 4.69) is 10.3 Å². The number of carbonyl (C=O) groups is 2. The molecule has 1 aromatic heterocycles. The number of ether oxygens (including phenoxy) is 1. The number of rotatable bonds is 3. The lowest BCUT2D eigenvalue weighted by atomic mass is 10.2. The highest BCUT2D eigenvalue weighted by Crippen LogP contribution is 2.10. The summed E-state index contributed by atoms with van der Waals surface area (Å²) in [5, 5.41) is 11.6. The number of hydrogen-bond acceptors (Lipinski definition) is 4. The fraction of sp³-hybridized carbons (Fsp3) is 0.500. The Bertz CT molecular complexity index is 507. The molecule has 0 spiro atoms. The predicted molar refractivity (Wildman–Crippen MR) is 75.0 cm³/mol. The monoisotopic (exact) mass is 293 g/mol. The van der Waals surface area contributed by atoms with E-state index < -0.39 is 5.97 Å². The van der Waals surface area contributed by atoms with E-state index in [9.17, 15) is 9.59 Å². The van der Waals surface area contributed by atoms with Gasteiger partial charge in [-0.3, -0.25) is 0 Å². The molecule has 0 radical (unpaired) electrons. The zero-order valence-corrected chi connectivity index (χ0v) is 12.1. The van der Waals surface area contributed by atoms with Crippen LogP contribution < -0.4 is 5.32 Å². The van der Waals surface area contributed by atoms with E-state index in [-0.39, 0.29) is 23.9 Å². The largest absolute Gasteiger partial charge is 0.477 e. The SMILES string of the molecule is C[C@@H]1CN(C(=O)NCc2ccc(C(=O)O)nc2)C[C@H](C)O1. The third kappa shape index (κ3) is 4.16. The van der Waals surface area contributed by atoms with Gasteiger partial charge in [0.2, 0.25) is 0 Å². The number of pyridine rings is 1. The molecule has 1 aromatic rings. The van der Waals surface area contributed by atoms with Crippen molar-refractivity contribution >= 4 is 12.0 Å². The lowest BCUT2D eigenvalue weighted by Crippen LogP contribution is -2.51. The Kier molecular flexibility index (Phi) is 4.74. The van der Waals surface area contributed by atoms with E-state index in [1.807, 2.05) is 13.8 Å². The Balaban J connectivity index is 1.87. The first kappa shape index (κ1) is 15.2. The molecule has 0 aliphatic carbocycles. The van der Waals surface area contributed by atoms with Gasteiger partial charge in [-0.15, -0.1) is 0 Å². The molecule has 1 fully saturated rings. The molecule has 0 saturated carbocycles. The van der Waals surface area contributed by atoms with Crippen molar-refractivity contribution < 1.29 is 19.4 Å². The molecule has 2 rings (SSSR count). The number of urea groups is 1. The molecule has 1 aliphatic rings. The van der Waals surface area contributed by atoms with Crippen molar-refractivity contribution in [2.45, 2.75) is 32.6 Å². The van der Waals surface area contributed by atoms with Gasteiger partial charge in [-0.05, 0) is 25.5 Å². The summed E-state index contributed by atoms with van der Waals surface area (Å²) in [5.74, 6) is -1.07. The molecule has 0 aromatic carbocycles. The number of morpholine rings is 1. The molecule has 21 heavy (non-hydrogen) atoms. The zero-order valence-electron chi connectivity index (χ0n) is 12.1. The number of amides is 2. The molecule has 7 heteroatoms. The molecule has 2 atom stereocenters. The van der Waals surface area contributed by atoms with Gasteiger partial charge < -0.3 is 20.1 Å². The first-order valence-corrected chi connectivity index (χ1v) is 6.82. The van der Waals surface area contributed by atoms with E-state index in [0.29, 0.717) is 19.6 Å². The molecule has 2 N–H and O–H groups in total. The standard InChI is InChI=1S/C14H19N3O4/c1-9-7-17(8-10(2)21-9)14(20)16-6-11-3-4-12(13(18)19)15-5-11/h3-5,9-10H,6-8H2,1-2H3,(H,16,20)(H,18,19)/t9-,10+. The summed E-state index contributed by atoms with van der Waals surface area (Å²) in [5.41, 5.74) is 0.739. The maximum atomic E-state index is 12.1. The minimum Gasteiger partial charge on any atom is -0.477 e. The van der Waals surface area contributed by atoms with Crippen LogP contribution in [0.3, 0.4) is 0 Å². The number of nitrogens with one attached hydrogen (secondary N) is 1. The van der Waals surface area contributed by atoms with Crippen molar-refractivity contribution in [3.63, 3.8) is 0 Å². The van der Waals surface area contributed by atoms with Gasteiger partial charge in [0.25, 0.3) is 0 Å². The quantitative estimate of drug-likeness (QED) is 0.870. The summed E-state index contributed by atoms with van der Waals surface area (Å²) < 4.78 is 5.58. The van der Waals surface area contributed by atoms with Crippen LogP contribution >= 0.6 is 0 Å². The van der Waals surface area contributed by atoms with Gasteiger partial charge in [-0.1, -0.05) is 6.07 Å². The van der Waals surface area contributed by atoms with Crippen LogP contribution in [0.5, 0.6) is 0 Å². The molecule has 114 valence electrons. The van der Waals surface area contributed by atoms with Crippen LogP contribution in [-0.4, -0.2) is 52.3 Å². The molecule has 0 bridgehead atoms. The van der Waals surface area contributed by atoms with E-state index in [1.165, 1.54) is 12.3 Å². The van der Waals surface area contributed by atoms with Gasteiger partial charge in [-0.25, -0.2) is 14.6 Å². The van der Waals surface area contributed by atoms with Crippen molar-refractivity contribution in [1.82, 2.24) is 15.2 Å².